The first-order chi connectivity index (χ1) is 12.0. The third-order valence-corrected chi connectivity index (χ3v) is 4.03. The number of hydrogen-bond acceptors (Lipinski definition) is 6. The van der Waals surface area contributed by atoms with Crippen LogP contribution in [-0.2, 0) is 9.59 Å². The maximum Gasteiger partial charge on any atom is 0.293 e. The fraction of sp³-hybridized carbons (Fsp3) is 0.235. The molecular formula is C17H18N2O5S. The van der Waals surface area contributed by atoms with Crippen LogP contribution in [0, 0.1) is 0 Å². The number of hydrogen-bond donors (Lipinski definition) is 1. The van der Waals surface area contributed by atoms with Gasteiger partial charge in [-0.15, -0.1) is 6.58 Å². The molecule has 2 rings (SSSR count). The smallest absolute Gasteiger partial charge is 0.293 e. The largest absolute Gasteiger partial charge is 0.490 e. The Kier molecular flexibility index (Phi) is 6.24. The van der Waals surface area contributed by atoms with Gasteiger partial charge < -0.3 is 15.2 Å². The zero-order valence-corrected chi connectivity index (χ0v) is 14.5. The van der Waals surface area contributed by atoms with Crippen LogP contribution in [0.3, 0.4) is 0 Å². The number of benzene rings is 1. The molecule has 0 saturated carbocycles. The highest BCUT2D eigenvalue weighted by Crippen LogP contribution is 2.34. The van der Waals surface area contributed by atoms with Crippen molar-refractivity contribution in [3.63, 3.8) is 0 Å². The Hall–Kier alpha value is -2.74. The zero-order chi connectivity index (χ0) is 18.4. The van der Waals surface area contributed by atoms with E-state index in [2.05, 4.69) is 6.58 Å². The highest BCUT2D eigenvalue weighted by molar-refractivity contribution is 8.18. The van der Waals surface area contributed by atoms with E-state index in [9.17, 15) is 14.4 Å². The van der Waals surface area contributed by atoms with Gasteiger partial charge in [-0.3, -0.25) is 19.3 Å². The Labute approximate surface area is 149 Å². The summed E-state index contributed by atoms with van der Waals surface area (Å²) in [5, 5.41) is -0.331. The van der Waals surface area contributed by atoms with Crippen molar-refractivity contribution in [3.8, 4) is 11.5 Å². The molecule has 0 aromatic heterocycles. The van der Waals surface area contributed by atoms with Crippen molar-refractivity contribution in [2.24, 2.45) is 5.73 Å². The number of nitrogens with zero attached hydrogens (tertiary/aromatic N) is 1. The standard InChI is InChI=1S/C17H18N2O5S/c1-3-7-19-16(21)14(25-17(19)22)9-11-5-6-12(24-10-15(18)20)13(8-11)23-4-2/h3,5-6,8-9H,1,4,7,10H2,2H3,(H2,18,20)/b14-9+. The second kappa shape index (κ2) is 8.39. The molecule has 7 nitrogen and oxygen atoms in total. The van der Waals surface area contributed by atoms with E-state index in [1.807, 2.05) is 6.92 Å². The molecule has 0 spiro atoms. The summed E-state index contributed by atoms with van der Waals surface area (Å²) >= 11 is 0.872. The minimum atomic E-state index is -0.595. The summed E-state index contributed by atoms with van der Waals surface area (Å²) in [6.07, 6.45) is 3.10. The first kappa shape index (κ1) is 18.6. The van der Waals surface area contributed by atoms with E-state index in [0.717, 1.165) is 16.7 Å². The quantitative estimate of drug-likeness (QED) is 0.562. The van der Waals surface area contributed by atoms with Crippen LogP contribution in [-0.4, -0.2) is 41.7 Å². The first-order valence-electron chi connectivity index (χ1n) is 7.50. The van der Waals surface area contributed by atoms with E-state index >= 15 is 0 Å². The summed E-state index contributed by atoms with van der Waals surface area (Å²) in [6, 6.07) is 4.98. The topological polar surface area (TPSA) is 98.9 Å². The normalized spacial score (nSPS) is 15.6. The molecule has 132 valence electrons. The van der Waals surface area contributed by atoms with Crippen molar-refractivity contribution in [1.29, 1.82) is 0 Å². The monoisotopic (exact) mass is 362 g/mol. The number of rotatable bonds is 8. The van der Waals surface area contributed by atoms with Crippen molar-refractivity contribution in [3.05, 3.63) is 41.3 Å². The fourth-order valence-corrected chi connectivity index (χ4v) is 2.94. The third kappa shape index (κ3) is 4.63. The molecule has 8 heteroatoms. The van der Waals surface area contributed by atoms with Gasteiger partial charge in [-0.2, -0.15) is 0 Å². The van der Waals surface area contributed by atoms with Gasteiger partial charge in [0.25, 0.3) is 17.1 Å². The molecule has 1 aromatic carbocycles. The number of carbonyl (C=O) groups excluding carboxylic acids is 3. The molecule has 1 aliphatic heterocycles. The van der Waals surface area contributed by atoms with Crippen molar-refractivity contribution < 1.29 is 23.9 Å². The van der Waals surface area contributed by atoms with E-state index < -0.39 is 5.91 Å². The van der Waals surface area contributed by atoms with Crippen molar-refractivity contribution in [2.75, 3.05) is 19.8 Å². The van der Waals surface area contributed by atoms with Crippen LogP contribution in [0.2, 0.25) is 0 Å². The van der Waals surface area contributed by atoms with E-state index in [4.69, 9.17) is 15.2 Å². The maximum absolute atomic E-state index is 12.2. The Balaban J connectivity index is 2.26. The van der Waals surface area contributed by atoms with Gasteiger partial charge in [0.2, 0.25) is 0 Å². The SMILES string of the molecule is C=CCN1C(=O)S/C(=C/c2ccc(OCC(N)=O)c(OCC)c2)C1=O. The number of imide groups is 1. The lowest BCUT2D eigenvalue weighted by atomic mass is 10.2. The van der Waals surface area contributed by atoms with Gasteiger partial charge in [0.15, 0.2) is 18.1 Å². The molecule has 0 atom stereocenters. The van der Waals surface area contributed by atoms with Crippen molar-refractivity contribution >= 4 is 34.9 Å². The van der Waals surface area contributed by atoms with Crippen molar-refractivity contribution in [1.82, 2.24) is 4.90 Å². The molecule has 25 heavy (non-hydrogen) atoms. The molecule has 1 aliphatic rings. The van der Waals surface area contributed by atoms with Gasteiger partial charge in [0.05, 0.1) is 11.5 Å². The first-order valence-corrected chi connectivity index (χ1v) is 8.32. The zero-order valence-electron chi connectivity index (χ0n) is 13.7. The Morgan fingerprint density at radius 2 is 2.08 bits per heavy atom. The van der Waals surface area contributed by atoms with Gasteiger partial charge in [-0.25, -0.2) is 0 Å². The lowest BCUT2D eigenvalue weighted by Gasteiger charge is -2.11. The van der Waals surface area contributed by atoms with Gasteiger partial charge in [0, 0.05) is 6.54 Å². The van der Waals surface area contributed by atoms with E-state index in [1.165, 1.54) is 6.08 Å². The Bertz CT molecular complexity index is 745. The summed E-state index contributed by atoms with van der Waals surface area (Å²) in [6.45, 7) is 5.65. The summed E-state index contributed by atoms with van der Waals surface area (Å²) in [7, 11) is 0. The van der Waals surface area contributed by atoms with Gasteiger partial charge in [0.1, 0.15) is 0 Å². The van der Waals surface area contributed by atoms with Crippen LogP contribution in [0.5, 0.6) is 11.5 Å². The fourth-order valence-electron chi connectivity index (χ4n) is 2.09. The number of amides is 3. The van der Waals surface area contributed by atoms with Crippen LogP contribution in [0.25, 0.3) is 6.08 Å². The third-order valence-electron chi connectivity index (χ3n) is 3.12. The molecule has 1 aromatic rings. The molecule has 1 fully saturated rings. The second-order valence-electron chi connectivity index (χ2n) is 4.98. The molecule has 0 unspecified atom stereocenters. The van der Waals surface area contributed by atoms with Gasteiger partial charge >= 0.3 is 0 Å². The summed E-state index contributed by atoms with van der Waals surface area (Å²) in [4.78, 5) is 36.4. The number of primary amides is 1. The summed E-state index contributed by atoms with van der Waals surface area (Å²) in [5.74, 6) is -0.162. The molecule has 2 N–H and O–H groups in total. The predicted molar refractivity (Wildman–Crippen MR) is 95.2 cm³/mol. The average molecular weight is 362 g/mol. The Morgan fingerprint density at radius 1 is 1.32 bits per heavy atom. The minimum Gasteiger partial charge on any atom is -0.490 e. The number of carbonyl (C=O) groups is 3. The van der Waals surface area contributed by atoms with Crippen LogP contribution < -0.4 is 15.2 Å². The van der Waals surface area contributed by atoms with Crippen LogP contribution in [0.15, 0.2) is 35.8 Å². The molecule has 3 amide bonds. The predicted octanol–water partition coefficient (Wildman–Crippen LogP) is 2.17. The molecule has 1 heterocycles. The number of ether oxygens (including phenoxy) is 2. The summed E-state index contributed by atoms with van der Waals surface area (Å²) in [5.41, 5.74) is 5.74. The second-order valence-corrected chi connectivity index (χ2v) is 5.97. The van der Waals surface area contributed by atoms with Crippen LogP contribution in [0.1, 0.15) is 12.5 Å². The minimum absolute atomic E-state index is 0.173. The molecule has 0 aliphatic carbocycles. The van der Waals surface area contributed by atoms with Crippen molar-refractivity contribution in [2.45, 2.75) is 6.92 Å². The van der Waals surface area contributed by atoms with Gasteiger partial charge in [-0.05, 0) is 42.5 Å². The number of thioether (sulfide) groups is 1. The maximum atomic E-state index is 12.2. The van der Waals surface area contributed by atoms with E-state index in [-0.39, 0.29) is 24.3 Å². The van der Waals surface area contributed by atoms with E-state index in [0.29, 0.717) is 28.6 Å². The van der Waals surface area contributed by atoms with Gasteiger partial charge in [-0.1, -0.05) is 12.1 Å². The number of nitrogens with two attached hydrogens (primary N) is 1. The lowest BCUT2D eigenvalue weighted by Crippen LogP contribution is -2.27. The molecule has 0 radical (unpaired) electrons. The lowest BCUT2D eigenvalue weighted by molar-refractivity contribution is -0.122. The highest BCUT2D eigenvalue weighted by atomic mass is 32.2. The average Bonchev–Trinajstić information content (AvgIpc) is 2.82. The molecule has 0 bridgehead atoms. The summed E-state index contributed by atoms with van der Waals surface area (Å²) < 4.78 is 10.8. The van der Waals surface area contributed by atoms with E-state index in [1.54, 1.807) is 24.3 Å². The van der Waals surface area contributed by atoms with Crippen LogP contribution >= 0.6 is 11.8 Å². The van der Waals surface area contributed by atoms with Crippen LogP contribution in [0.4, 0.5) is 4.79 Å². The highest BCUT2D eigenvalue weighted by Gasteiger charge is 2.34. The molecule has 1 saturated heterocycles. The Morgan fingerprint density at radius 3 is 2.72 bits per heavy atom. The molecular weight excluding hydrogens is 344 g/mol.